The summed E-state index contributed by atoms with van der Waals surface area (Å²) in [5.41, 5.74) is 0. The van der Waals surface area contributed by atoms with E-state index in [-0.39, 0.29) is 10.0 Å². The number of carbonyl (C=O) groups excluding carboxylic acids is 1. The summed E-state index contributed by atoms with van der Waals surface area (Å²) in [6, 6.07) is -0.449. The number of thiol groups is 1. The molecule has 0 spiro atoms. The number of hydrogen-bond donors (Lipinski definition) is 1. The summed E-state index contributed by atoms with van der Waals surface area (Å²) in [5, 5.41) is 10.2. The fourth-order valence-corrected chi connectivity index (χ4v) is 1.27. The lowest BCUT2D eigenvalue weighted by molar-refractivity contribution is -0.523. The topological polar surface area (TPSA) is 60.2 Å². The van der Waals surface area contributed by atoms with Crippen molar-refractivity contribution in [2.24, 2.45) is 0 Å². The average Bonchev–Trinajstić information content (AvgIpc) is 2.03. The second kappa shape index (κ2) is 6.88. The van der Waals surface area contributed by atoms with Crippen LogP contribution in [0.2, 0.25) is 0 Å². The fourth-order valence-electron chi connectivity index (χ4n) is 1.11. The average molecular weight is 205 g/mol. The minimum atomic E-state index is -0.449. The summed E-state index contributed by atoms with van der Waals surface area (Å²) in [5.74, 6) is 0. The predicted octanol–water partition coefficient (Wildman–Crippen LogP) is 2.06. The molecule has 0 rings (SSSR count). The van der Waals surface area contributed by atoms with Gasteiger partial charge in [0.25, 0.3) is 0 Å². The van der Waals surface area contributed by atoms with Gasteiger partial charge in [-0.2, -0.15) is 0 Å². The van der Waals surface area contributed by atoms with E-state index in [2.05, 4.69) is 12.6 Å². The monoisotopic (exact) mass is 205 g/mol. The van der Waals surface area contributed by atoms with Gasteiger partial charge in [0.1, 0.15) is 0 Å². The van der Waals surface area contributed by atoms with Crippen molar-refractivity contribution in [2.45, 2.75) is 45.1 Å². The van der Waals surface area contributed by atoms with E-state index in [9.17, 15) is 14.9 Å². The van der Waals surface area contributed by atoms with Crippen LogP contribution >= 0.6 is 12.6 Å². The Bertz CT molecular complexity index is 184. The minimum absolute atomic E-state index is 0.144. The molecule has 0 fully saturated rings. The van der Waals surface area contributed by atoms with Crippen molar-refractivity contribution >= 4 is 17.7 Å². The van der Waals surface area contributed by atoms with Crippen molar-refractivity contribution in [1.82, 2.24) is 0 Å². The predicted molar refractivity (Wildman–Crippen MR) is 53.5 cm³/mol. The molecule has 5 heteroatoms. The summed E-state index contributed by atoms with van der Waals surface area (Å²) in [6.45, 7) is 1.80. The summed E-state index contributed by atoms with van der Waals surface area (Å²) in [6.07, 6.45) is 2.96. The van der Waals surface area contributed by atoms with Gasteiger partial charge in [-0.05, 0) is 12.8 Å². The van der Waals surface area contributed by atoms with E-state index in [1.807, 2.05) is 0 Å². The van der Waals surface area contributed by atoms with Crippen LogP contribution in [0.1, 0.15) is 39.0 Å². The minimum Gasteiger partial charge on any atom is -0.288 e. The van der Waals surface area contributed by atoms with E-state index in [4.69, 9.17) is 0 Å². The normalized spacial score (nSPS) is 12.5. The first-order valence-corrected chi connectivity index (χ1v) is 4.88. The molecule has 0 N–H and O–H groups in total. The van der Waals surface area contributed by atoms with Gasteiger partial charge in [-0.25, -0.2) is 0 Å². The maximum absolute atomic E-state index is 10.4. The first-order chi connectivity index (χ1) is 6.07. The number of rotatable bonds is 7. The van der Waals surface area contributed by atoms with Crippen LogP contribution in [0.5, 0.6) is 0 Å². The van der Waals surface area contributed by atoms with E-state index in [0.29, 0.717) is 25.7 Å². The molecule has 0 heterocycles. The van der Waals surface area contributed by atoms with Gasteiger partial charge in [0.2, 0.25) is 6.04 Å². The number of carbonyl (C=O) groups is 1. The highest BCUT2D eigenvalue weighted by Gasteiger charge is 2.15. The van der Waals surface area contributed by atoms with Gasteiger partial charge in [-0.1, -0.05) is 6.92 Å². The van der Waals surface area contributed by atoms with Crippen LogP contribution < -0.4 is 0 Å². The van der Waals surface area contributed by atoms with Crippen LogP contribution in [0.15, 0.2) is 0 Å². The van der Waals surface area contributed by atoms with Crippen molar-refractivity contribution in [2.75, 3.05) is 0 Å². The SMILES string of the molecule is CCC(CCCCC(=O)S)[N+](=O)[O-]. The highest BCUT2D eigenvalue weighted by atomic mass is 32.1. The number of unbranched alkanes of at least 4 members (excludes halogenated alkanes) is 1. The molecular formula is C8H15NO3S. The second-order valence-corrected chi connectivity index (χ2v) is 3.49. The number of hydrogen-bond acceptors (Lipinski definition) is 3. The molecule has 0 aromatic carbocycles. The van der Waals surface area contributed by atoms with Gasteiger partial charge < -0.3 is 0 Å². The van der Waals surface area contributed by atoms with Crippen LogP contribution in [0.25, 0.3) is 0 Å². The van der Waals surface area contributed by atoms with Crippen molar-refractivity contribution in [1.29, 1.82) is 0 Å². The van der Waals surface area contributed by atoms with Crippen molar-refractivity contribution < 1.29 is 9.72 Å². The summed E-state index contributed by atoms with van der Waals surface area (Å²) in [7, 11) is 0. The molecule has 0 amide bonds. The molecule has 76 valence electrons. The van der Waals surface area contributed by atoms with Gasteiger partial charge >= 0.3 is 0 Å². The number of nitrogens with zero attached hydrogens (tertiary/aromatic N) is 1. The largest absolute Gasteiger partial charge is 0.288 e. The maximum atomic E-state index is 10.4. The maximum Gasteiger partial charge on any atom is 0.212 e. The zero-order chi connectivity index (χ0) is 10.3. The first-order valence-electron chi connectivity index (χ1n) is 4.43. The second-order valence-electron chi connectivity index (χ2n) is 2.99. The zero-order valence-corrected chi connectivity index (χ0v) is 8.63. The highest BCUT2D eigenvalue weighted by Crippen LogP contribution is 2.09. The van der Waals surface area contributed by atoms with Crippen LogP contribution in [0, 0.1) is 10.1 Å². The van der Waals surface area contributed by atoms with E-state index < -0.39 is 6.04 Å². The molecular weight excluding hydrogens is 190 g/mol. The molecule has 1 atom stereocenters. The van der Waals surface area contributed by atoms with E-state index in [1.165, 1.54) is 0 Å². The van der Waals surface area contributed by atoms with Crippen LogP contribution in [-0.2, 0) is 4.79 Å². The molecule has 0 aromatic heterocycles. The van der Waals surface area contributed by atoms with Gasteiger partial charge in [0, 0.05) is 24.2 Å². The van der Waals surface area contributed by atoms with E-state index >= 15 is 0 Å². The lowest BCUT2D eigenvalue weighted by Gasteiger charge is -2.05. The number of nitro groups is 1. The molecule has 0 saturated carbocycles. The van der Waals surface area contributed by atoms with E-state index in [1.54, 1.807) is 6.92 Å². The molecule has 0 aliphatic heterocycles. The molecule has 1 unspecified atom stereocenters. The Morgan fingerprint density at radius 2 is 2.15 bits per heavy atom. The summed E-state index contributed by atoms with van der Waals surface area (Å²) < 4.78 is 0. The van der Waals surface area contributed by atoms with Crippen LogP contribution in [-0.4, -0.2) is 16.1 Å². The van der Waals surface area contributed by atoms with Crippen molar-refractivity contribution in [3.05, 3.63) is 10.1 Å². The molecule has 4 nitrogen and oxygen atoms in total. The standard InChI is InChI=1S/C8H15NO3S/c1-2-7(9(11)12)5-3-4-6-8(10)13/h7H,2-6H2,1H3,(H,10,13). The van der Waals surface area contributed by atoms with Gasteiger partial charge in [0.15, 0.2) is 5.12 Å². The highest BCUT2D eigenvalue weighted by molar-refractivity contribution is 7.96. The Balaban J connectivity index is 3.50. The molecule has 0 aromatic rings. The third-order valence-corrected chi connectivity index (χ3v) is 2.17. The Labute approximate surface area is 83.3 Å². The Hall–Kier alpha value is -0.580. The molecule has 0 radical (unpaired) electrons. The quantitative estimate of drug-likeness (QED) is 0.299. The van der Waals surface area contributed by atoms with Gasteiger partial charge in [-0.15, -0.1) is 12.6 Å². The molecule has 0 aliphatic rings. The summed E-state index contributed by atoms with van der Waals surface area (Å²) >= 11 is 3.61. The third kappa shape index (κ3) is 6.57. The molecule has 0 bridgehead atoms. The van der Waals surface area contributed by atoms with Crippen LogP contribution in [0.4, 0.5) is 0 Å². The molecule has 0 saturated heterocycles. The zero-order valence-electron chi connectivity index (χ0n) is 7.73. The van der Waals surface area contributed by atoms with Gasteiger partial charge in [0.05, 0.1) is 0 Å². The molecule has 13 heavy (non-hydrogen) atoms. The Kier molecular flexibility index (Phi) is 6.58. The summed E-state index contributed by atoms with van der Waals surface area (Å²) in [4.78, 5) is 20.6. The first kappa shape index (κ1) is 12.4. The van der Waals surface area contributed by atoms with Gasteiger partial charge in [-0.3, -0.25) is 14.9 Å². The Morgan fingerprint density at radius 3 is 2.54 bits per heavy atom. The van der Waals surface area contributed by atoms with E-state index in [0.717, 1.165) is 6.42 Å². The Morgan fingerprint density at radius 1 is 1.54 bits per heavy atom. The third-order valence-electron chi connectivity index (χ3n) is 1.95. The lowest BCUT2D eigenvalue weighted by atomic mass is 10.1. The van der Waals surface area contributed by atoms with Crippen molar-refractivity contribution in [3.63, 3.8) is 0 Å². The van der Waals surface area contributed by atoms with Crippen LogP contribution in [0.3, 0.4) is 0 Å². The smallest absolute Gasteiger partial charge is 0.212 e. The fraction of sp³-hybridized carbons (Fsp3) is 0.875. The molecule has 0 aliphatic carbocycles. The van der Waals surface area contributed by atoms with Crippen molar-refractivity contribution in [3.8, 4) is 0 Å². The lowest BCUT2D eigenvalue weighted by Crippen LogP contribution is -2.17.